The number of aryl methyl sites for hydroxylation is 1. The summed E-state index contributed by atoms with van der Waals surface area (Å²) in [7, 11) is -4.54. The average Bonchev–Trinajstić information content (AvgIpc) is 2.61. The monoisotopic (exact) mass is 409 g/mol. The van der Waals surface area contributed by atoms with Gasteiger partial charge in [-0.15, -0.1) is 10.2 Å². The van der Waals surface area contributed by atoms with Crippen LogP contribution in [0.2, 0.25) is 0 Å². The molecule has 0 aromatic heterocycles. The first-order chi connectivity index (χ1) is 12.7. The van der Waals surface area contributed by atoms with Gasteiger partial charge in [0.25, 0.3) is 15.8 Å². The van der Waals surface area contributed by atoms with Crippen LogP contribution in [0.15, 0.2) is 63.7 Å². The first-order valence-electron chi connectivity index (χ1n) is 7.64. The fourth-order valence-corrected chi connectivity index (χ4v) is 3.34. The zero-order valence-corrected chi connectivity index (χ0v) is 17.8. The minimum absolute atomic E-state index is 0. The maximum atomic E-state index is 11.7. The van der Waals surface area contributed by atoms with Crippen molar-refractivity contribution in [2.75, 3.05) is 5.73 Å². The molecule has 0 saturated carbocycles. The number of fused-ring (bicyclic) bond motifs is 1. The van der Waals surface area contributed by atoms with Gasteiger partial charge in [0.05, 0.1) is 10.6 Å². The average molecular weight is 409 g/mol. The van der Waals surface area contributed by atoms with Crippen LogP contribution in [0.4, 0.5) is 22.7 Å². The summed E-state index contributed by atoms with van der Waals surface area (Å²) in [5.41, 5.74) is 6.59. The normalized spacial score (nSPS) is 11.5. The number of nitrogen functional groups attached to an aromatic ring is 1. The number of nitro groups is 1. The van der Waals surface area contributed by atoms with E-state index in [2.05, 4.69) is 10.2 Å². The Kier molecular flexibility index (Phi) is 6.52. The Balaban J connectivity index is 0.00000280. The summed E-state index contributed by atoms with van der Waals surface area (Å²) in [6.07, 6.45) is 0. The first-order valence-corrected chi connectivity index (χ1v) is 9.08. The number of benzene rings is 3. The van der Waals surface area contributed by atoms with Gasteiger partial charge in [0, 0.05) is 16.8 Å². The van der Waals surface area contributed by atoms with Gasteiger partial charge in [-0.05, 0) is 24.6 Å². The third kappa shape index (κ3) is 4.37. The molecule has 3 aromatic carbocycles. The molecule has 0 spiro atoms. The van der Waals surface area contributed by atoms with Gasteiger partial charge in [0.15, 0.2) is 5.69 Å². The largest absolute Gasteiger partial charge is 1.00 e. The van der Waals surface area contributed by atoms with Gasteiger partial charge < -0.3 is 5.73 Å². The zero-order chi connectivity index (χ0) is 19.8. The van der Waals surface area contributed by atoms with Gasteiger partial charge in [-0.3, -0.25) is 14.7 Å². The van der Waals surface area contributed by atoms with Gasteiger partial charge in [-0.2, -0.15) is 8.42 Å². The molecule has 0 aliphatic carbocycles. The molecule has 3 aromatic rings. The molecule has 0 bridgehead atoms. The minimum atomic E-state index is -4.54. The Morgan fingerprint density at radius 3 is 2.25 bits per heavy atom. The molecule has 0 aliphatic heterocycles. The van der Waals surface area contributed by atoms with Crippen molar-refractivity contribution in [1.29, 1.82) is 0 Å². The number of nitrogens with zero attached hydrogens (tertiary/aromatic N) is 3. The molecule has 138 valence electrons. The van der Waals surface area contributed by atoms with Crippen LogP contribution in [0.3, 0.4) is 0 Å². The zero-order valence-electron chi connectivity index (χ0n) is 15.0. The maximum absolute atomic E-state index is 11.7. The standard InChI is InChI=1S/C17H14N4O5S.Na/c1-10-6-7-13(15(8-10)21(22)23)19-20-14-9-16(27(24,25)26)11-4-2-3-5-12(11)17(14)18;/h2-9H,18H2,1H3,(H,24,25,26);/q;+1. The molecule has 0 atom stereocenters. The van der Waals surface area contributed by atoms with E-state index >= 15 is 0 Å². The molecule has 0 radical (unpaired) electrons. The van der Waals surface area contributed by atoms with E-state index in [0.29, 0.717) is 10.9 Å². The van der Waals surface area contributed by atoms with Crippen molar-refractivity contribution in [1.82, 2.24) is 0 Å². The van der Waals surface area contributed by atoms with E-state index in [-0.39, 0.29) is 62.6 Å². The summed E-state index contributed by atoms with van der Waals surface area (Å²) < 4.78 is 32.9. The van der Waals surface area contributed by atoms with Crippen molar-refractivity contribution in [3.05, 3.63) is 64.2 Å². The SMILES string of the molecule is Cc1ccc(N=Nc2cc(S(=O)(=O)O)c3ccccc3c2N)c([N+](=O)[O-])c1.[Na+]. The summed E-state index contributed by atoms with van der Waals surface area (Å²) in [5, 5.41) is 19.5. The summed E-state index contributed by atoms with van der Waals surface area (Å²) in [6.45, 7) is 1.70. The molecule has 28 heavy (non-hydrogen) atoms. The molecular formula is C17H14N4NaO5S+. The summed E-state index contributed by atoms with van der Waals surface area (Å²) >= 11 is 0. The van der Waals surface area contributed by atoms with Crippen LogP contribution in [0.5, 0.6) is 0 Å². The van der Waals surface area contributed by atoms with E-state index in [4.69, 9.17) is 5.73 Å². The molecule has 0 saturated heterocycles. The Hall–Kier alpha value is -2.37. The van der Waals surface area contributed by atoms with Gasteiger partial charge in [-0.1, -0.05) is 30.3 Å². The van der Waals surface area contributed by atoms with Crippen molar-refractivity contribution in [2.24, 2.45) is 10.2 Å². The second kappa shape index (κ2) is 8.33. The molecule has 0 amide bonds. The van der Waals surface area contributed by atoms with E-state index in [1.807, 2.05) is 0 Å². The number of anilines is 1. The van der Waals surface area contributed by atoms with Crippen LogP contribution in [0.1, 0.15) is 5.56 Å². The molecule has 0 unspecified atom stereocenters. The summed E-state index contributed by atoms with van der Waals surface area (Å²) in [4.78, 5) is 10.2. The Bertz CT molecular complexity index is 1210. The van der Waals surface area contributed by atoms with Crippen LogP contribution in [-0.4, -0.2) is 17.9 Å². The van der Waals surface area contributed by atoms with Crippen molar-refractivity contribution < 1.29 is 47.5 Å². The maximum Gasteiger partial charge on any atom is 1.00 e. The molecular weight excluding hydrogens is 395 g/mol. The van der Waals surface area contributed by atoms with Crippen LogP contribution < -0.4 is 35.3 Å². The van der Waals surface area contributed by atoms with Crippen molar-refractivity contribution in [3.63, 3.8) is 0 Å². The number of azo groups is 1. The van der Waals surface area contributed by atoms with Crippen LogP contribution >= 0.6 is 0 Å². The number of rotatable bonds is 4. The van der Waals surface area contributed by atoms with Gasteiger partial charge in [0.2, 0.25) is 0 Å². The predicted octanol–water partition coefficient (Wildman–Crippen LogP) is 1.30. The molecule has 3 N–H and O–H groups in total. The van der Waals surface area contributed by atoms with Gasteiger partial charge in [-0.25, -0.2) is 0 Å². The second-order valence-corrected chi connectivity index (χ2v) is 7.17. The quantitative estimate of drug-likeness (QED) is 0.166. The second-order valence-electron chi connectivity index (χ2n) is 5.78. The third-order valence-electron chi connectivity index (χ3n) is 3.90. The Morgan fingerprint density at radius 1 is 1.04 bits per heavy atom. The Morgan fingerprint density at radius 2 is 1.64 bits per heavy atom. The first kappa shape index (κ1) is 21.9. The van der Waals surface area contributed by atoms with E-state index in [0.717, 1.165) is 6.07 Å². The molecule has 11 heteroatoms. The van der Waals surface area contributed by atoms with Crippen molar-refractivity contribution >= 4 is 43.6 Å². The molecule has 0 fully saturated rings. The molecule has 9 nitrogen and oxygen atoms in total. The van der Waals surface area contributed by atoms with E-state index in [1.54, 1.807) is 31.2 Å². The minimum Gasteiger partial charge on any atom is -0.396 e. The number of hydrogen-bond acceptors (Lipinski definition) is 7. The van der Waals surface area contributed by atoms with Gasteiger partial charge in [0.1, 0.15) is 10.6 Å². The summed E-state index contributed by atoms with van der Waals surface area (Å²) in [6, 6.07) is 11.8. The van der Waals surface area contributed by atoms with E-state index in [1.165, 1.54) is 18.2 Å². The fraction of sp³-hybridized carbons (Fsp3) is 0.0588. The number of nitrogens with two attached hydrogens (primary N) is 1. The molecule has 0 heterocycles. The van der Waals surface area contributed by atoms with Crippen molar-refractivity contribution in [3.8, 4) is 0 Å². The predicted molar refractivity (Wildman–Crippen MR) is 100 cm³/mol. The third-order valence-corrected chi connectivity index (χ3v) is 4.79. The smallest absolute Gasteiger partial charge is 0.396 e. The van der Waals surface area contributed by atoms with Crippen LogP contribution in [0, 0.1) is 17.0 Å². The van der Waals surface area contributed by atoms with Gasteiger partial charge >= 0.3 is 29.6 Å². The number of nitro benzene ring substituents is 1. The molecule has 3 rings (SSSR count). The van der Waals surface area contributed by atoms with E-state index in [9.17, 15) is 23.1 Å². The van der Waals surface area contributed by atoms with Crippen LogP contribution in [-0.2, 0) is 10.1 Å². The Labute approximate surface area is 182 Å². The van der Waals surface area contributed by atoms with E-state index < -0.39 is 15.0 Å². The van der Waals surface area contributed by atoms with Crippen molar-refractivity contribution in [2.45, 2.75) is 11.8 Å². The number of hydrogen-bond donors (Lipinski definition) is 2. The summed E-state index contributed by atoms with van der Waals surface area (Å²) in [5.74, 6) is 0. The fourth-order valence-electron chi connectivity index (χ4n) is 2.62. The van der Waals surface area contributed by atoms with Crippen LogP contribution in [0.25, 0.3) is 10.8 Å². The molecule has 0 aliphatic rings. The topological polar surface area (TPSA) is 148 Å².